The summed E-state index contributed by atoms with van der Waals surface area (Å²) in [5, 5.41) is 0. The fourth-order valence-corrected chi connectivity index (χ4v) is 1.79. The smallest absolute Gasteiger partial charge is 0.228 e. The van der Waals surface area contributed by atoms with Crippen molar-refractivity contribution in [3.05, 3.63) is 0 Å². The first-order valence-corrected chi connectivity index (χ1v) is 5.27. The number of hydrogen-bond donors (Lipinski definition) is 0. The van der Waals surface area contributed by atoms with E-state index in [2.05, 4.69) is 0 Å². The van der Waals surface area contributed by atoms with Gasteiger partial charge in [0.05, 0.1) is 6.10 Å². The maximum absolute atomic E-state index is 12.0. The third-order valence-corrected chi connectivity index (χ3v) is 2.64. The molecule has 1 aliphatic rings. The summed E-state index contributed by atoms with van der Waals surface area (Å²) in [7, 11) is 1.72. The molecule has 0 aromatic heterocycles. The van der Waals surface area contributed by atoms with E-state index in [1.165, 1.54) is 0 Å². The van der Waals surface area contributed by atoms with Gasteiger partial charge in [0.2, 0.25) is 5.91 Å². The summed E-state index contributed by atoms with van der Waals surface area (Å²) in [6.07, 6.45) is 2.36. The second-order valence-corrected chi connectivity index (χ2v) is 5.00. The Kier molecular flexibility index (Phi) is 3.53. The molecule has 3 heteroatoms. The van der Waals surface area contributed by atoms with Gasteiger partial charge < -0.3 is 9.64 Å². The number of piperidine rings is 1. The van der Waals surface area contributed by atoms with Crippen LogP contribution in [0.4, 0.5) is 0 Å². The number of likely N-dealkylation sites (tertiary alicyclic amines) is 1. The summed E-state index contributed by atoms with van der Waals surface area (Å²) < 4.78 is 5.29. The summed E-state index contributed by atoms with van der Waals surface area (Å²) in [5.74, 6) is 0.235. The van der Waals surface area contributed by atoms with Crippen LogP contribution < -0.4 is 0 Å². The van der Waals surface area contributed by atoms with Gasteiger partial charge in [-0.3, -0.25) is 4.79 Å². The lowest BCUT2D eigenvalue weighted by Crippen LogP contribution is -2.47. The van der Waals surface area contributed by atoms with Crippen molar-refractivity contribution in [1.82, 2.24) is 4.90 Å². The molecular formula is C11H21NO2. The molecule has 0 aromatic carbocycles. The Labute approximate surface area is 86.4 Å². The predicted molar refractivity (Wildman–Crippen MR) is 56.1 cm³/mol. The minimum absolute atomic E-state index is 0.232. The van der Waals surface area contributed by atoms with Crippen LogP contribution in [0.15, 0.2) is 0 Å². The van der Waals surface area contributed by atoms with Gasteiger partial charge in [-0.15, -0.1) is 0 Å². The second-order valence-electron chi connectivity index (χ2n) is 5.00. The Bertz CT molecular complexity index is 208. The molecule has 3 nitrogen and oxygen atoms in total. The molecule has 0 spiro atoms. The van der Waals surface area contributed by atoms with E-state index in [1.807, 2.05) is 25.7 Å². The number of rotatable bonds is 1. The van der Waals surface area contributed by atoms with Crippen LogP contribution >= 0.6 is 0 Å². The van der Waals surface area contributed by atoms with E-state index in [0.717, 1.165) is 25.9 Å². The lowest BCUT2D eigenvalue weighted by Gasteiger charge is -2.35. The minimum Gasteiger partial charge on any atom is -0.380 e. The second kappa shape index (κ2) is 4.30. The standard InChI is InChI=1S/C11H21NO2/c1-11(2,3)10(13)12-7-5-6-9(8-12)14-4/h9H,5-8H2,1-4H3. The van der Waals surface area contributed by atoms with E-state index < -0.39 is 0 Å². The van der Waals surface area contributed by atoms with Gasteiger partial charge in [-0.1, -0.05) is 20.8 Å². The summed E-state index contributed by atoms with van der Waals surface area (Å²) in [6, 6.07) is 0. The van der Waals surface area contributed by atoms with Crippen LogP contribution in [0.2, 0.25) is 0 Å². The van der Waals surface area contributed by atoms with Gasteiger partial charge in [0, 0.05) is 25.6 Å². The van der Waals surface area contributed by atoms with E-state index in [0.29, 0.717) is 0 Å². The Morgan fingerprint density at radius 1 is 1.43 bits per heavy atom. The fraction of sp³-hybridized carbons (Fsp3) is 0.909. The Morgan fingerprint density at radius 3 is 2.57 bits per heavy atom. The number of nitrogens with zero attached hydrogens (tertiary/aromatic N) is 1. The van der Waals surface area contributed by atoms with Gasteiger partial charge in [0.15, 0.2) is 0 Å². The number of carbonyl (C=O) groups excluding carboxylic acids is 1. The third kappa shape index (κ3) is 2.71. The van der Waals surface area contributed by atoms with E-state index in [1.54, 1.807) is 7.11 Å². The Balaban J connectivity index is 2.56. The van der Waals surface area contributed by atoms with Gasteiger partial charge >= 0.3 is 0 Å². The van der Waals surface area contributed by atoms with Crippen LogP contribution in [0.3, 0.4) is 0 Å². The van der Waals surface area contributed by atoms with Gasteiger partial charge in [0.25, 0.3) is 0 Å². The molecule has 1 aliphatic heterocycles. The number of ether oxygens (including phenoxy) is 1. The summed E-state index contributed by atoms with van der Waals surface area (Å²) in [4.78, 5) is 13.9. The topological polar surface area (TPSA) is 29.5 Å². The van der Waals surface area contributed by atoms with Crippen LogP contribution in [0, 0.1) is 5.41 Å². The average Bonchev–Trinajstić information content (AvgIpc) is 2.15. The van der Waals surface area contributed by atoms with Crippen molar-refractivity contribution >= 4 is 5.91 Å². The van der Waals surface area contributed by atoms with Crippen LogP contribution in [-0.2, 0) is 9.53 Å². The number of amides is 1. The Morgan fingerprint density at radius 2 is 2.07 bits per heavy atom. The highest BCUT2D eigenvalue weighted by Crippen LogP contribution is 2.21. The number of methoxy groups -OCH3 is 1. The molecule has 0 aliphatic carbocycles. The van der Waals surface area contributed by atoms with Crippen molar-refractivity contribution in [2.75, 3.05) is 20.2 Å². The maximum Gasteiger partial charge on any atom is 0.228 e. The Hall–Kier alpha value is -0.570. The highest BCUT2D eigenvalue weighted by atomic mass is 16.5. The van der Waals surface area contributed by atoms with Crippen LogP contribution in [0.25, 0.3) is 0 Å². The van der Waals surface area contributed by atoms with Crippen molar-refractivity contribution in [2.24, 2.45) is 5.41 Å². The minimum atomic E-state index is -0.268. The first kappa shape index (κ1) is 11.5. The van der Waals surface area contributed by atoms with E-state index in [-0.39, 0.29) is 17.4 Å². The van der Waals surface area contributed by atoms with Gasteiger partial charge in [-0.25, -0.2) is 0 Å². The largest absolute Gasteiger partial charge is 0.380 e. The van der Waals surface area contributed by atoms with Crippen LogP contribution in [-0.4, -0.2) is 37.1 Å². The summed E-state index contributed by atoms with van der Waals surface area (Å²) >= 11 is 0. The molecule has 0 saturated carbocycles. The first-order chi connectivity index (χ1) is 6.45. The van der Waals surface area contributed by atoms with Crippen molar-refractivity contribution < 1.29 is 9.53 Å². The zero-order valence-corrected chi connectivity index (χ0v) is 9.67. The molecule has 82 valence electrons. The highest BCUT2D eigenvalue weighted by molar-refractivity contribution is 5.81. The zero-order chi connectivity index (χ0) is 10.8. The molecule has 1 amide bonds. The average molecular weight is 199 g/mol. The lowest BCUT2D eigenvalue weighted by molar-refractivity contribution is -0.143. The van der Waals surface area contributed by atoms with Crippen molar-refractivity contribution in [1.29, 1.82) is 0 Å². The molecule has 0 bridgehead atoms. The molecule has 14 heavy (non-hydrogen) atoms. The quantitative estimate of drug-likeness (QED) is 0.643. The van der Waals surface area contributed by atoms with Gasteiger partial charge in [-0.2, -0.15) is 0 Å². The normalized spacial score (nSPS) is 23.7. The molecule has 1 atom stereocenters. The molecule has 0 aromatic rings. The predicted octanol–water partition coefficient (Wildman–Crippen LogP) is 1.67. The molecule has 1 rings (SSSR count). The molecule has 0 N–H and O–H groups in total. The third-order valence-electron chi connectivity index (χ3n) is 2.64. The lowest BCUT2D eigenvalue weighted by atomic mass is 9.93. The molecule has 1 fully saturated rings. The van der Waals surface area contributed by atoms with Crippen LogP contribution in [0.5, 0.6) is 0 Å². The molecular weight excluding hydrogens is 178 g/mol. The van der Waals surface area contributed by atoms with Crippen molar-refractivity contribution in [3.8, 4) is 0 Å². The first-order valence-electron chi connectivity index (χ1n) is 5.27. The SMILES string of the molecule is COC1CCCN(C(=O)C(C)(C)C)C1. The van der Waals surface area contributed by atoms with Crippen molar-refractivity contribution in [2.45, 2.75) is 39.7 Å². The molecule has 1 saturated heterocycles. The monoisotopic (exact) mass is 199 g/mol. The van der Waals surface area contributed by atoms with Gasteiger partial charge in [-0.05, 0) is 12.8 Å². The van der Waals surface area contributed by atoms with Crippen LogP contribution in [0.1, 0.15) is 33.6 Å². The zero-order valence-electron chi connectivity index (χ0n) is 9.67. The van der Waals surface area contributed by atoms with E-state index in [9.17, 15) is 4.79 Å². The highest BCUT2D eigenvalue weighted by Gasteiger charge is 2.30. The number of carbonyl (C=O) groups is 1. The van der Waals surface area contributed by atoms with E-state index in [4.69, 9.17) is 4.74 Å². The fourth-order valence-electron chi connectivity index (χ4n) is 1.79. The molecule has 1 unspecified atom stereocenters. The van der Waals surface area contributed by atoms with Crippen molar-refractivity contribution in [3.63, 3.8) is 0 Å². The summed E-state index contributed by atoms with van der Waals surface area (Å²) in [6.45, 7) is 7.53. The maximum atomic E-state index is 12.0. The number of hydrogen-bond acceptors (Lipinski definition) is 2. The van der Waals surface area contributed by atoms with E-state index >= 15 is 0 Å². The molecule has 0 radical (unpaired) electrons. The summed E-state index contributed by atoms with van der Waals surface area (Å²) in [5.41, 5.74) is -0.268. The molecule has 1 heterocycles. The van der Waals surface area contributed by atoms with Gasteiger partial charge in [0.1, 0.15) is 0 Å².